The van der Waals surface area contributed by atoms with E-state index >= 15 is 0 Å². The summed E-state index contributed by atoms with van der Waals surface area (Å²) in [5.41, 5.74) is 0. The van der Waals surface area contributed by atoms with E-state index in [9.17, 15) is 8.78 Å². The van der Waals surface area contributed by atoms with Gasteiger partial charge in [0.2, 0.25) is 5.92 Å². The van der Waals surface area contributed by atoms with Gasteiger partial charge in [0.25, 0.3) is 0 Å². The second-order valence-electron chi connectivity index (χ2n) is 5.50. The summed E-state index contributed by atoms with van der Waals surface area (Å²) in [6.45, 7) is 5.16. The Balaban J connectivity index is 2.22. The third-order valence-corrected chi connectivity index (χ3v) is 3.74. The highest BCUT2D eigenvalue weighted by molar-refractivity contribution is 4.83. The van der Waals surface area contributed by atoms with Crippen LogP contribution in [0.15, 0.2) is 0 Å². The van der Waals surface area contributed by atoms with Crippen molar-refractivity contribution in [2.45, 2.75) is 77.2 Å². The first-order valence-corrected chi connectivity index (χ1v) is 7.18. The van der Waals surface area contributed by atoms with E-state index in [2.05, 4.69) is 19.2 Å². The number of nitrogens with one attached hydrogen (secondary N) is 1. The van der Waals surface area contributed by atoms with Gasteiger partial charge in [0.1, 0.15) is 0 Å². The SMILES string of the molecule is CCCCC(CCC)NCC1CCC(F)(F)C1. The van der Waals surface area contributed by atoms with Crippen LogP contribution in [-0.2, 0) is 0 Å². The van der Waals surface area contributed by atoms with Gasteiger partial charge in [-0.1, -0.05) is 33.1 Å². The summed E-state index contributed by atoms with van der Waals surface area (Å²) < 4.78 is 26.1. The second-order valence-corrected chi connectivity index (χ2v) is 5.50. The third kappa shape index (κ3) is 5.80. The van der Waals surface area contributed by atoms with Gasteiger partial charge in [-0.25, -0.2) is 8.78 Å². The minimum atomic E-state index is -2.39. The Morgan fingerprint density at radius 3 is 2.53 bits per heavy atom. The van der Waals surface area contributed by atoms with Crippen molar-refractivity contribution < 1.29 is 8.78 Å². The standard InChI is InChI=1S/C14H27F2N/c1-3-5-7-13(6-4-2)17-11-12-8-9-14(15,16)10-12/h12-13,17H,3-11H2,1-2H3. The van der Waals surface area contributed by atoms with E-state index in [1.165, 1.54) is 32.1 Å². The molecule has 0 aliphatic heterocycles. The van der Waals surface area contributed by atoms with Crippen molar-refractivity contribution >= 4 is 0 Å². The first-order chi connectivity index (χ1) is 8.07. The van der Waals surface area contributed by atoms with Crippen LogP contribution in [0.3, 0.4) is 0 Å². The average molecular weight is 247 g/mol. The molecule has 1 rings (SSSR count). The summed E-state index contributed by atoms with van der Waals surface area (Å²) in [6, 6.07) is 0.536. The predicted octanol–water partition coefficient (Wildman–Crippen LogP) is 4.37. The molecule has 0 aromatic carbocycles. The maximum atomic E-state index is 13.0. The highest BCUT2D eigenvalue weighted by Gasteiger charge is 2.39. The molecular weight excluding hydrogens is 220 g/mol. The fourth-order valence-corrected chi connectivity index (χ4v) is 2.70. The molecule has 0 amide bonds. The average Bonchev–Trinajstić information content (AvgIpc) is 2.62. The van der Waals surface area contributed by atoms with Gasteiger partial charge in [-0.15, -0.1) is 0 Å². The van der Waals surface area contributed by atoms with E-state index in [1.54, 1.807) is 0 Å². The fraction of sp³-hybridized carbons (Fsp3) is 1.00. The maximum Gasteiger partial charge on any atom is 0.248 e. The molecule has 0 bridgehead atoms. The van der Waals surface area contributed by atoms with Gasteiger partial charge in [0.15, 0.2) is 0 Å². The molecule has 0 aromatic rings. The van der Waals surface area contributed by atoms with Gasteiger partial charge >= 0.3 is 0 Å². The molecule has 17 heavy (non-hydrogen) atoms. The minimum Gasteiger partial charge on any atom is -0.314 e. The number of hydrogen-bond acceptors (Lipinski definition) is 1. The fourth-order valence-electron chi connectivity index (χ4n) is 2.70. The molecular formula is C14H27F2N. The lowest BCUT2D eigenvalue weighted by Crippen LogP contribution is -2.33. The van der Waals surface area contributed by atoms with Crippen LogP contribution in [0.25, 0.3) is 0 Å². The molecule has 2 unspecified atom stereocenters. The van der Waals surface area contributed by atoms with Crippen molar-refractivity contribution in [1.82, 2.24) is 5.32 Å². The molecule has 1 N–H and O–H groups in total. The van der Waals surface area contributed by atoms with Gasteiger partial charge in [-0.05, 0) is 31.7 Å². The number of alkyl halides is 2. The molecule has 1 saturated carbocycles. The van der Waals surface area contributed by atoms with Crippen LogP contribution < -0.4 is 5.32 Å². The van der Waals surface area contributed by atoms with Crippen LogP contribution in [0.5, 0.6) is 0 Å². The Morgan fingerprint density at radius 2 is 2.00 bits per heavy atom. The number of halogens is 2. The molecule has 1 nitrogen and oxygen atoms in total. The van der Waals surface area contributed by atoms with Crippen LogP contribution >= 0.6 is 0 Å². The van der Waals surface area contributed by atoms with Gasteiger partial charge in [-0.2, -0.15) is 0 Å². The molecule has 0 saturated heterocycles. The summed E-state index contributed by atoms with van der Waals surface area (Å²) in [5, 5.41) is 3.50. The normalized spacial score (nSPS) is 25.1. The van der Waals surface area contributed by atoms with Crippen LogP contribution in [0.4, 0.5) is 8.78 Å². The van der Waals surface area contributed by atoms with Crippen molar-refractivity contribution in [1.29, 1.82) is 0 Å². The monoisotopic (exact) mass is 247 g/mol. The van der Waals surface area contributed by atoms with Crippen LogP contribution in [-0.4, -0.2) is 18.5 Å². The minimum absolute atomic E-state index is 0.0899. The number of rotatable bonds is 8. The van der Waals surface area contributed by atoms with Crippen molar-refractivity contribution in [3.05, 3.63) is 0 Å². The Morgan fingerprint density at radius 1 is 1.24 bits per heavy atom. The van der Waals surface area contributed by atoms with Crippen LogP contribution in [0.2, 0.25) is 0 Å². The van der Waals surface area contributed by atoms with Gasteiger partial charge < -0.3 is 5.32 Å². The quantitative estimate of drug-likeness (QED) is 0.671. The molecule has 0 aromatic heterocycles. The van der Waals surface area contributed by atoms with Crippen molar-refractivity contribution in [3.8, 4) is 0 Å². The molecule has 0 spiro atoms. The van der Waals surface area contributed by atoms with E-state index in [0.29, 0.717) is 12.5 Å². The molecule has 102 valence electrons. The molecule has 1 fully saturated rings. The largest absolute Gasteiger partial charge is 0.314 e. The lowest BCUT2D eigenvalue weighted by molar-refractivity contribution is 0.00496. The van der Waals surface area contributed by atoms with Crippen molar-refractivity contribution in [2.24, 2.45) is 5.92 Å². The van der Waals surface area contributed by atoms with Gasteiger partial charge in [0, 0.05) is 18.9 Å². The topological polar surface area (TPSA) is 12.0 Å². The smallest absolute Gasteiger partial charge is 0.248 e. The Labute approximate surface area is 104 Å². The van der Waals surface area contributed by atoms with E-state index in [4.69, 9.17) is 0 Å². The molecule has 1 aliphatic carbocycles. The van der Waals surface area contributed by atoms with E-state index < -0.39 is 5.92 Å². The van der Waals surface area contributed by atoms with Crippen LogP contribution in [0.1, 0.15) is 65.2 Å². The number of hydrogen-bond donors (Lipinski definition) is 1. The van der Waals surface area contributed by atoms with Crippen molar-refractivity contribution in [3.63, 3.8) is 0 Å². The molecule has 0 heterocycles. The van der Waals surface area contributed by atoms with E-state index in [1.807, 2.05) is 0 Å². The van der Waals surface area contributed by atoms with Gasteiger partial charge in [-0.3, -0.25) is 0 Å². The zero-order valence-corrected chi connectivity index (χ0v) is 11.3. The number of unbranched alkanes of at least 4 members (excludes halogenated alkanes) is 1. The molecule has 1 aliphatic rings. The summed E-state index contributed by atoms with van der Waals surface area (Å²) >= 11 is 0. The highest BCUT2D eigenvalue weighted by atomic mass is 19.3. The summed E-state index contributed by atoms with van der Waals surface area (Å²) in [4.78, 5) is 0. The first kappa shape index (κ1) is 14.9. The Hall–Kier alpha value is -0.180. The lowest BCUT2D eigenvalue weighted by atomic mass is 10.0. The molecule has 0 radical (unpaired) electrons. The van der Waals surface area contributed by atoms with Crippen molar-refractivity contribution in [2.75, 3.05) is 6.54 Å². The van der Waals surface area contributed by atoms with E-state index in [0.717, 1.165) is 6.54 Å². The first-order valence-electron chi connectivity index (χ1n) is 7.18. The summed E-state index contributed by atoms with van der Waals surface area (Å²) in [5.74, 6) is -2.21. The summed E-state index contributed by atoms with van der Waals surface area (Å²) in [7, 11) is 0. The zero-order chi connectivity index (χ0) is 12.7. The lowest BCUT2D eigenvalue weighted by Gasteiger charge is -2.20. The Bertz CT molecular complexity index is 206. The predicted molar refractivity (Wildman–Crippen MR) is 68.5 cm³/mol. The molecule has 2 atom stereocenters. The Kier molecular flexibility index (Phi) is 6.39. The summed E-state index contributed by atoms with van der Waals surface area (Å²) in [6.07, 6.45) is 6.84. The van der Waals surface area contributed by atoms with Crippen LogP contribution in [0, 0.1) is 5.92 Å². The van der Waals surface area contributed by atoms with Gasteiger partial charge in [0.05, 0.1) is 0 Å². The maximum absolute atomic E-state index is 13.0. The van der Waals surface area contributed by atoms with E-state index in [-0.39, 0.29) is 18.8 Å². The zero-order valence-electron chi connectivity index (χ0n) is 11.3. The second kappa shape index (κ2) is 7.30. The third-order valence-electron chi connectivity index (χ3n) is 3.74. The molecule has 3 heteroatoms. The highest BCUT2D eigenvalue weighted by Crippen LogP contribution is 2.38.